The van der Waals surface area contributed by atoms with Crippen LogP contribution >= 0.6 is 0 Å². The van der Waals surface area contributed by atoms with Crippen molar-refractivity contribution in [3.8, 4) is 0 Å². The van der Waals surface area contributed by atoms with Crippen molar-refractivity contribution in [2.45, 2.75) is 32.2 Å². The highest BCUT2D eigenvalue weighted by atomic mass is 15.2. The van der Waals surface area contributed by atoms with E-state index < -0.39 is 0 Å². The third kappa shape index (κ3) is 3.83. The second-order valence-electron chi connectivity index (χ2n) is 4.13. The topological polar surface area (TPSA) is 49.8 Å². The van der Waals surface area contributed by atoms with Crippen molar-refractivity contribution in [2.24, 2.45) is 0 Å². The summed E-state index contributed by atoms with van der Waals surface area (Å²) in [4.78, 5) is 0. The van der Waals surface area contributed by atoms with Gasteiger partial charge in [0.25, 0.3) is 0 Å². The quantitative estimate of drug-likeness (QED) is 0.690. The average molecular weight is 206 g/mol. The van der Waals surface area contributed by atoms with Gasteiger partial charge in [0.2, 0.25) is 0 Å². The Kier molecular flexibility index (Phi) is 3.50. The fourth-order valence-electron chi connectivity index (χ4n) is 1.45. The lowest BCUT2D eigenvalue weighted by atomic mass is 10.3. The minimum atomic E-state index is 0.809. The first-order valence-corrected chi connectivity index (χ1v) is 5.61. The van der Waals surface area contributed by atoms with E-state index in [-0.39, 0.29) is 0 Å². The van der Waals surface area contributed by atoms with Crippen molar-refractivity contribution in [3.05, 3.63) is 17.8 Å². The normalized spacial score (nSPS) is 15.3. The van der Waals surface area contributed by atoms with Crippen LogP contribution in [0.3, 0.4) is 0 Å². The predicted octanol–water partition coefficient (Wildman–Crippen LogP) is 1.34. The molecule has 15 heavy (non-hydrogen) atoms. The fraction of sp³-hybridized carbons (Fsp3) is 0.636. The minimum Gasteiger partial charge on any atom is -0.369 e. The van der Waals surface area contributed by atoms with E-state index in [1.807, 2.05) is 13.0 Å². The highest BCUT2D eigenvalue weighted by Gasteiger charge is 2.19. The van der Waals surface area contributed by atoms with E-state index in [0.29, 0.717) is 0 Å². The summed E-state index contributed by atoms with van der Waals surface area (Å²) < 4.78 is 0. The first kappa shape index (κ1) is 10.4. The largest absolute Gasteiger partial charge is 0.369 e. The van der Waals surface area contributed by atoms with Crippen molar-refractivity contribution in [1.82, 2.24) is 15.5 Å². The number of nitrogens with one attached hydrogen (secondary N) is 2. The van der Waals surface area contributed by atoms with Gasteiger partial charge in [0.1, 0.15) is 5.82 Å². The summed E-state index contributed by atoms with van der Waals surface area (Å²) in [6.45, 7) is 4.07. The molecule has 4 nitrogen and oxygen atoms in total. The Morgan fingerprint density at radius 2 is 2.27 bits per heavy atom. The SMILES string of the molecule is Cc1cnnc(NCCCNC2CC2)c1. The molecule has 0 saturated heterocycles. The lowest BCUT2D eigenvalue weighted by Gasteiger charge is -2.05. The summed E-state index contributed by atoms with van der Waals surface area (Å²) in [5, 5.41) is 14.6. The van der Waals surface area contributed by atoms with Gasteiger partial charge >= 0.3 is 0 Å². The van der Waals surface area contributed by atoms with E-state index in [4.69, 9.17) is 0 Å². The van der Waals surface area contributed by atoms with Crippen LogP contribution in [0.25, 0.3) is 0 Å². The van der Waals surface area contributed by atoms with Gasteiger partial charge in [-0.25, -0.2) is 0 Å². The van der Waals surface area contributed by atoms with Crippen molar-refractivity contribution in [1.29, 1.82) is 0 Å². The van der Waals surface area contributed by atoms with E-state index in [1.165, 1.54) is 12.8 Å². The highest BCUT2D eigenvalue weighted by Crippen LogP contribution is 2.18. The molecular weight excluding hydrogens is 188 g/mol. The summed E-state index contributed by atoms with van der Waals surface area (Å²) in [7, 11) is 0. The first-order valence-electron chi connectivity index (χ1n) is 5.61. The summed E-state index contributed by atoms with van der Waals surface area (Å²) in [5.41, 5.74) is 1.14. The Bertz CT molecular complexity index is 309. The lowest BCUT2D eigenvalue weighted by Crippen LogP contribution is -2.20. The molecule has 0 amide bonds. The van der Waals surface area contributed by atoms with Crippen LogP contribution < -0.4 is 10.6 Å². The molecule has 0 unspecified atom stereocenters. The smallest absolute Gasteiger partial charge is 0.148 e. The number of rotatable bonds is 6. The van der Waals surface area contributed by atoms with Crippen LogP contribution in [-0.2, 0) is 0 Å². The molecule has 1 aliphatic carbocycles. The van der Waals surface area contributed by atoms with E-state index in [9.17, 15) is 0 Å². The van der Waals surface area contributed by atoms with Gasteiger partial charge in [0.15, 0.2) is 0 Å². The third-order valence-corrected chi connectivity index (χ3v) is 2.46. The van der Waals surface area contributed by atoms with Crippen molar-refractivity contribution < 1.29 is 0 Å². The van der Waals surface area contributed by atoms with Gasteiger partial charge in [0.05, 0.1) is 6.20 Å². The summed E-state index contributed by atoms with van der Waals surface area (Å²) in [5.74, 6) is 0.876. The minimum absolute atomic E-state index is 0.809. The molecule has 1 aromatic rings. The van der Waals surface area contributed by atoms with E-state index in [0.717, 1.165) is 36.9 Å². The van der Waals surface area contributed by atoms with Gasteiger partial charge < -0.3 is 10.6 Å². The van der Waals surface area contributed by atoms with Gasteiger partial charge in [-0.05, 0) is 44.4 Å². The zero-order chi connectivity index (χ0) is 10.5. The first-order chi connectivity index (χ1) is 7.34. The fourth-order valence-corrected chi connectivity index (χ4v) is 1.45. The molecule has 0 atom stereocenters. The lowest BCUT2D eigenvalue weighted by molar-refractivity contribution is 0.658. The van der Waals surface area contributed by atoms with Crippen LogP contribution in [-0.4, -0.2) is 29.3 Å². The molecule has 0 aromatic carbocycles. The summed E-state index contributed by atoms with van der Waals surface area (Å²) >= 11 is 0. The molecule has 0 radical (unpaired) electrons. The average Bonchev–Trinajstić information content (AvgIpc) is 3.01. The van der Waals surface area contributed by atoms with Crippen molar-refractivity contribution in [2.75, 3.05) is 18.4 Å². The molecule has 82 valence electrons. The van der Waals surface area contributed by atoms with Gasteiger partial charge in [-0.15, -0.1) is 5.10 Å². The van der Waals surface area contributed by atoms with Crippen LogP contribution in [0.2, 0.25) is 0 Å². The van der Waals surface area contributed by atoms with E-state index in [2.05, 4.69) is 20.8 Å². The second kappa shape index (κ2) is 5.07. The molecule has 2 N–H and O–H groups in total. The number of hydrogen-bond donors (Lipinski definition) is 2. The Morgan fingerprint density at radius 1 is 1.40 bits per heavy atom. The van der Waals surface area contributed by atoms with Gasteiger partial charge in [-0.2, -0.15) is 5.10 Å². The Balaban J connectivity index is 1.60. The molecule has 1 heterocycles. The van der Waals surface area contributed by atoms with Crippen LogP contribution in [0.5, 0.6) is 0 Å². The van der Waals surface area contributed by atoms with E-state index >= 15 is 0 Å². The molecule has 0 spiro atoms. The van der Waals surface area contributed by atoms with Gasteiger partial charge in [-0.1, -0.05) is 0 Å². The second-order valence-corrected chi connectivity index (χ2v) is 4.13. The monoisotopic (exact) mass is 206 g/mol. The maximum atomic E-state index is 4.00. The number of aromatic nitrogens is 2. The summed E-state index contributed by atoms with van der Waals surface area (Å²) in [6, 6.07) is 2.82. The molecule has 0 bridgehead atoms. The molecule has 1 fully saturated rings. The maximum absolute atomic E-state index is 4.00. The number of nitrogens with zero attached hydrogens (tertiary/aromatic N) is 2. The number of aryl methyl sites for hydroxylation is 1. The third-order valence-electron chi connectivity index (χ3n) is 2.46. The molecule has 1 saturated carbocycles. The molecule has 1 aromatic heterocycles. The highest BCUT2D eigenvalue weighted by molar-refractivity contribution is 5.34. The molecule has 2 rings (SSSR count). The Hall–Kier alpha value is -1.16. The Labute approximate surface area is 90.5 Å². The Morgan fingerprint density at radius 3 is 3.00 bits per heavy atom. The van der Waals surface area contributed by atoms with E-state index in [1.54, 1.807) is 6.20 Å². The van der Waals surface area contributed by atoms with Crippen molar-refractivity contribution >= 4 is 5.82 Å². The van der Waals surface area contributed by atoms with Crippen LogP contribution in [0.1, 0.15) is 24.8 Å². The molecule has 0 aliphatic heterocycles. The standard InChI is InChI=1S/C11H18N4/c1-9-7-11(15-14-8-9)13-6-2-5-12-10-3-4-10/h7-8,10,12H,2-6H2,1H3,(H,13,15). The van der Waals surface area contributed by atoms with Crippen LogP contribution in [0.15, 0.2) is 12.3 Å². The van der Waals surface area contributed by atoms with Gasteiger partial charge in [0, 0.05) is 12.6 Å². The van der Waals surface area contributed by atoms with Crippen molar-refractivity contribution in [3.63, 3.8) is 0 Å². The van der Waals surface area contributed by atoms with Crippen LogP contribution in [0, 0.1) is 6.92 Å². The number of hydrogen-bond acceptors (Lipinski definition) is 4. The zero-order valence-electron chi connectivity index (χ0n) is 9.16. The number of anilines is 1. The molecule has 1 aliphatic rings. The predicted molar refractivity (Wildman–Crippen MR) is 60.9 cm³/mol. The van der Waals surface area contributed by atoms with Crippen LogP contribution in [0.4, 0.5) is 5.82 Å². The maximum Gasteiger partial charge on any atom is 0.148 e. The zero-order valence-corrected chi connectivity index (χ0v) is 9.16. The van der Waals surface area contributed by atoms with Gasteiger partial charge in [-0.3, -0.25) is 0 Å². The summed E-state index contributed by atoms with van der Waals surface area (Å²) in [6.07, 6.45) is 5.61. The molecular formula is C11H18N4. The molecule has 4 heteroatoms.